The van der Waals surface area contributed by atoms with Crippen LogP contribution in [0.3, 0.4) is 0 Å². The van der Waals surface area contributed by atoms with Crippen LogP contribution in [0.5, 0.6) is 23.0 Å². The van der Waals surface area contributed by atoms with Crippen molar-refractivity contribution in [2.45, 2.75) is 5.16 Å². The van der Waals surface area contributed by atoms with Gasteiger partial charge in [0.05, 0.1) is 51.0 Å². The van der Waals surface area contributed by atoms with E-state index in [1.54, 1.807) is 39.5 Å². The van der Waals surface area contributed by atoms with Crippen LogP contribution in [-0.2, 0) is 0 Å². The summed E-state index contributed by atoms with van der Waals surface area (Å²) < 4.78 is 23.4. The van der Waals surface area contributed by atoms with Gasteiger partial charge in [-0.25, -0.2) is 0 Å². The van der Waals surface area contributed by atoms with Crippen molar-refractivity contribution in [2.24, 2.45) is 0 Å². The molecule has 0 aliphatic carbocycles. The molecule has 1 heterocycles. The lowest BCUT2D eigenvalue weighted by atomic mass is 10.1. The topological polar surface area (TPSA) is 84.7 Å². The van der Waals surface area contributed by atoms with Gasteiger partial charge in [0.15, 0.2) is 16.8 Å². The van der Waals surface area contributed by atoms with Gasteiger partial charge in [-0.15, -0.1) is 10.2 Å². The standard InChI is InChI=1S/C26H25N3O5S/c1-31-18-11-9-17(10-12-18)29-25(21-7-5-6-8-23(21)33-3)27-28-26(29)35-16-22(30)20-14-13-19(32-2)15-24(20)34-4/h5-15H,16H2,1-4H3. The van der Waals surface area contributed by atoms with Crippen LogP contribution in [0, 0.1) is 0 Å². The maximum Gasteiger partial charge on any atom is 0.196 e. The Morgan fingerprint density at radius 2 is 1.49 bits per heavy atom. The quantitative estimate of drug-likeness (QED) is 0.228. The van der Waals surface area contributed by atoms with Crippen LogP contribution in [0.2, 0.25) is 0 Å². The van der Waals surface area contributed by atoms with Crippen molar-refractivity contribution in [3.05, 3.63) is 72.3 Å². The van der Waals surface area contributed by atoms with Crippen molar-refractivity contribution >= 4 is 17.5 Å². The van der Waals surface area contributed by atoms with E-state index in [4.69, 9.17) is 18.9 Å². The molecule has 3 aromatic carbocycles. The van der Waals surface area contributed by atoms with Gasteiger partial charge in [0.25, 0.3) is 0 Å². The number of hydrogen-bond donors (Lipinski definition) is 0. The summed E-state index contributed by atoms with van der Waals surface area (Å²) in [6.07, 6.45) is 0. The molecule has 0 amide bonds. The molecule has 1 aromatic heterocycles. The lowest BCUT2D eigenvalue weighted by molar-refractivity contribution is 0.101. The summed E-state index contributed by atoms with van der Waals surface area (Å²) in [7, 11) is 6.33. The predicted octanol–water partition coefficient (Wildman–Crippen LogP) is 4.94. The second kappa shape index (κ2) is 11.0. The van der Waals surface area contributed by atoms with Crippen LogP contribution < -0.4 is 18.9 Å². The van der Waals surface area contributed by atoms with Crippen LogP contribution in [0.1, 0.15) is 10.4 Å². The molecule has 0 bridgehead atoms. The smallest absolute Gasteiger partial charge is 0.196 e. The third kappa shape index (κ3) is 5.09. The zero-order valence-corrected chi connectivity index (χ0v) is 20.7. The summed E-state index contributed by atoms with van der Waals surface area (Å²) in [5.41, 5.74) is 2.09. The number of nitrogens with zero attached hydrogens (tertiary/aromatic N) is 3. The Hall–Kier alpha value is -3.98. The SMILES string of the molecule is COc1ccc(-n2c(SCC(=O)c3ccc(OC)cc3OC)nnc2-c2ccccc2OC)cc1. The van der Waals surface area contributed by atoms with Crippen LogP contribution in [0.15, 0.2) is 71.9 Å². The Kier molecular flexibility index (Phi) is 7.57. The Morgan fingerprint density at radius 3 is 2.17 bits per heavy atom. The number of Topliss-reactive ketones (excluding diaryl/α,β-unsaturated/α-hetero) is 1. The molecule has 9 heteroatoms. The van der Waals surface area contributed by atoms with Crippen molar-refractivity contribution < 1.29 is 23.7 Å². The molecule has 0 atom stereocenters. The molecule has 4 rings (SSSR count). The highest BCUT2D eigenvalue weighted by molar-refractivity contribution is 7.99. The molecule has 35 heavy (non-hydrogen) atoms. The molecule has 0 saturated heterocycles. The lowest BCUT2D eigenvalue weighted by Crippen LogP contribution is -2.07. The number of ketones is 1. The van der Waals surface area contributed by atoms with Crippen molar-refractivity contribution in [1.29, 1.82) is 0 Å². The average Bonchev–Trinajstić information content (AvgIpc) is 3.34. The number of aromatic nitrogens is 3. The van der Waals surface area contributed by atoms with Gasteiger partial charge in [0.2, 0.25) is 0 Å². The fourth-order valence-corrected chi connectivity index (χ4v) is 4.40. The van der Waals surface area contributed by atoms with E-state index in [9.17, 15) is 4.79 Å². The molecule has 0 unspecified atom stereocenters. The normalized spacial score (nSPS) is 10.6. The van der Waals surface area contributed by atoms with E-state index in [0.717, 1.165) is 17.0 Å². The van der Waals surface area contributed by atoms with Gasteiger partial charge in [-0.1, -0.05) is 23.9 Å². The number of ether oxygens (including phenoxy) is 4. The summed E-state index contributed by atoms with van der Waals surface area (Å²) in [5.74, 6) is 3.13. The molecule has 0 spiro atoms. The monoisotopic (exact) mass is 491 g/mol. The molecule has 0 saturated carbocycles. The minimum Gasteiger partial charge on any atom is -0.497 e. The zero-order chi connectivity index (χ0) is 24.8. The summed E-state index contributed by atoms with van der Waals surface area (Å²) in [4.78, 5) is 13.1. The Labute approximate surface area is 207 Å². The van der Waals surface area contributed by atoms with E-state index in [2.05, 4.69) is 10.2 Å². The predicted molar refractivity (Wildman–Crippen MR) is 134 cm³/mol. The van der Waals surface area contributed by atoms with Gasteiger partial charge in [0.1, 0.15) is 23.0 Å². The Balaban J connectivity index is 1.70. The van der Waals surface area contributed by atoms with Crippen molar-refractivity contribution in [1.82, 2.24) is 14.8 Å². The molecule has 0 aliphatic heterocycles. The number of methoxy groups -OCH3 is 4. The Morgan fingerprint density at radius 1 is 0.800 bits per heavy atom. The van der Waals surface area contributed by atoms with Gasteiger partial charge in [-0.05, 0) is 48.5 Å². The molecule has 0 N–H and O–H groups in total. The summed E-state index contributed by atoms with van der Waals surface area (Å²) in [6.45, 7) is 0. The first kappa shape index (κ1) is 24.2. The van der Waals surface area contributed by atoms with Gasteiger partial charge in [-0.3, -0.25) is 9.36 Å². The van der Waals surface area contributed by atoms with Crippen LogP contribution in [-0.4, -0.2) is 54.7 Å². The second-order valence-electron chi connectivity index (χ2n) is 7.32. The van der Waals surface area contributed by atoms with Crippen LogP contribution in [0.4, 0.5) is 0 Å². The third-order valence-corrected chi connectivity index (χ3v) is 6.28. The van der Waals surface area contributed by atoms with Crippen LogP contribution >= 0.6 is 11.8 Å². The maximum atomic E-state index is 13.1. The van der Waals surface area contributed by atoms with Gasteiger partial charge in [-0.2, -0.15) is 0 Å². The first-order valence-corrected chi connectivity index (χ1v) is 11.7. The lowest BCUT2D eigenvalue weighted by Gasteiger charge is -2.13. The minimum absolute atomic E-state index is 0.0994. The van der Waals surface area contributed by atoms with E-state index in [-0.39, 0.29) is 11.5 Å². The highest BCUT2D eigenvalue weighted by Gasteiger charge is 2.21. The highest BCUT2D eigenvalue weighted by atomic mass is 32.2. The molecule has 180 valence electrons. The number of para-hydroxylation sites is 1. The number of carbonyl (C=O) groups is 1. The first-order valence-electron chi connectivity index (χ1n) is 10.7. The van der Waals surface area contributed by atoms with Gasteiger partial charge >= 0.3 is 0 Å². The Bertz CT molecular complexity index is 1320. The fraction of sp³-hybridized carbons (Fsp3) is 0.192. The van der Waals surface area contributed by atoms with E-state index < -0.39 is 0 Å². The van der Waals surface area contributed by atoms with E-state index >= 15 is 0 Å². The average molecular weight is 492 g/mol. The molecule has 0 aliphatic rings. The molecular weight excluding hydrogens is 466 g/mol. The van der Waals surface area contributed by atoms with Crippen LogP contribution in [0.25, 0.3) is 17.1 Å². The zero-order valence-electron chi connectivity index (χ0n) is 19.8. The second-order valence-corrected chi connectivity index (χ2v) is 8.26. The summed E-state index contributed by atoms with van der Waals surface area (Å²) >= 11 is 1.29. The van der Waals surface area contributed by atoms with Gasteiger partial charge in [0, 0.05) is 6.07 Å². The van der Waals surface area contributed by atoms with E-state index in [1.807, 2.05) is 53.1 Å². The van der Waals surface area contributed by atoms with E-state index in [1.165, 1.54) is 18.9 Å². The molecule has 0 fully saturated rings. The summed E-state index contributed by atoms with van der Waals surface area (Å²) in [5, 5.41) is 9.42. The molecule has 0 radical (unpaired) electrons. The number of benzene rings is 3. The van der Waals surface area contributed by atoms with Crippen molar-refractivity contribution in [3.8, 4) is 40.1 Å². The largest absolute Gasteiger partial charge is 0.497 e. The number of thioether (sulfide) groups is 1. The molecule has 8 nitrogen and oxygen atoms in total. The molecule has 4 aromatic rings. The van der Waals surface area contributed by atoms with Crippen molar-refractivity contribution in [3.63, 3.8) is 0 Å². The third-order valence-electron chi connectivity index (χ3n) is 5.35. The minimum atomic E-state index is -0.0994. The number of rotatable bonds is 10. The van der Waals surface area contributed by atoms with Gasteiger partial charge < -0.3 is 18.9 Å². The highest BCUT2D eigenvalue weighted by Crippen LogP contribution is 2.34. The van der Waals surface area contributed by atoms with E-state index in [0.29, 0.717) is 33.8 Å². The first-order chi connectivity index (χ1) is 17.1. The van der Waals surface area contributed by atoms with Crippen molar-refractivity contribution in [2.75, 3.05) is 34.2 Å². The number of carbonyl (C=O) groups excluding carboxylic acids is 1. The number of hydrogen-bond acceptors (Lipinski definition) is 8. The summed E-state index contributed by atoms with van der Waals surface area (Å²) in [6, 6.07) is 20.3. The molecular formula is C26H25N3O5S. The maximum absolute atomic E-state index is 13.1. The fourth-order valence-electron chi connectivity index (χ4n) is 3.57.